The molecule has 2 aromatic carbocycles. The third-order valence-corrected chi connectivity index (χ3v) is 5.24. The predicted octanol–water partition coefficient (Wildman–Crippen LogP) is 4.02. The van der Waals surface area contributed by atoms with Crippen molar-refractivity contribution >= 4 is 0 Å². The molecule has 1 aliphatic rings. The maximum Gasteiger partial charge on any atom is 0.231 e. The average Bonchev–Trinajstić information content (AvgIpc) is 3.40. The van der Waals surface area contributed by atoms with E-state index in [9.17, 15) is 0 Å². The largest absolute Gasteiger partial charge is 0.497 e. The molecule has 0 bridgehead atoms. The van der Waals surface area contributed by atoms with E-state index in [1.165, 1.54) is 16.7 Å². The van der Waals surface area contributed by atoms with E-state index in [2.05, 4.69) is 45.6 Å². The van der Waals surface area contributed by atoms with Gasteiger partial charge in [0.2, 0.25) is 6.79 Å². The van der Waals surface area contributed by atoms with Crippen LogP contribution in [0.15, 0.2) is 55.1 Å². The molecule has 3 aromatic rings. The molecular weight excluding hydrogens is 366 g/mol. The molecule has 29 heavy (non-hydrogen) atoms. The number of benzene rings is 2. The van der Waals surface area contributed by atoms with E-state index in [1.54, 1.807) is 7.11 Å². The molecule has 0 saturated carbocycles. The average molecular weight is 393 g/mol. The zero-order valence-corrected chi connectivity index (χ0v) is 17.0. The fourth-order valence-electron chi connectivity index (χ4n) is 3.60. The Morgan fingerprint density at radius 2 is 1.90 bits per heavy atom. The van der Waals surface area contributed by atoms with E-state index in [1.807, 2.05) is 30.9 Å². The zero-order chi connectivity index (χ0) is 20.1. The Labute approximate surface area is 171 Å². The van der Waals surface area contributed by atoms with E-state index in [-0.39, 0.29) is 0 Å². The number of methoxy groups -OCH3 is 1. The second kappa shape index (κ2) is 9.01. The summed E-state index contributed by atoms with van der Waals surface area (Å²) < 4.78 is 18.5. The molecule has 4 rings (SSSR count). The van der Waals surface area contributed by atoms with Crippen LogP contribution in [0.1, 0.15) is 23.1 Å². The first kappa shape index (κ1) is 19.3. The Morgan fingerprint density at radius 3 is 2.62 bits per heavy atom. The van der Waals surface area contributed by atoms with E-state index in [0.717, 1.165) is 49.8 Å². The van der Waals surface area contributed by atoms with Gasteiger partial charge in [-0.3, -0.25) is 4.90 Å². The molecule has 6 heteroatoms. The molecule has 6 nitrogen and oxygen atoms in total. The summed E-state index contributed by atoms with van der Waals surface area (Å²) in [4.78, 5) is 6.60. The number of hydrogen-bond acceptors (Lipinski definition) is 5. The van der Waals surface area contributed by atoms with Crippen molar-refractivity contribution in [3.63, 3.8) is 0 Å². The highest BCUT2D eigenvalue weighted by atomic mass is 16.7. The summed E-state index contributed by atoms with van der Waals surface area (Å²) in [6, 6.07) is 12.5. The maximum atomic E-state index is 5.58. The summed E-state index contributed by atoms with van der Waals surface area (Å²) in [5.41, 5.74) is 3.76. The van der Waals surface area contributed by atoms with E-state index >= 15 is 0 Å². The van der Waals surface area contributed by atoms with Crippen molar-refractivity contribution < 1.29 is 14.2 Å². The van der Waals surface area contributed by atoms with Crippen LogP contribution >= 0.6 is 0 Å². The summed E-state index contributed by atoms with van der Waals surface area (Å²) in [6.07, 6.45) is 6.76. The molecule has 2 heterocycles. The first-order chi connectivity index (χ1) is 14.2. The number of aromatic nitrogens is 2. The summed E-state index contributed by atoms with van der Waals surface area (Å²) in [7, 11) is 1.69. The number of imidazole rings is 1. The topological polar surface area (TPSA) is 48.8 Å². The molecule has 152 valence electrons. The SMILES string of the molecule is COc1ccc(CN(CCCn2ccnc2)Cc2cc3c(cc2C)OCO3)cc1. The Bertz CT molecular complexity index is 923. The van der Waals surface area contributed by atoms with Gasteiger partial charge >= 0.3 is 0 Å². The predicted molar refractivity (Wildman–Crippen MR) is 111 cm³/mol. The lowest BCUT2D eigenvalue weighted by molar-refractivity contribution is 0.174. The van der Waals surface area contributed by atoms with Crippen LogP contribution in [0.25, 0.3) is 0 Å². The van der Waals surface area contributed by atoms with Gasteiger partial charge in [0.1, 0.15) is 5.75 Å². The minimum Gasteiger partial charge on any atom is -0.497 e. The Kier molecular flexibility index (Phi) is 6.00. The quantitative estimate of drug-likeness (QED) is 0.550. The van der Waals surface area contributed by atoms with Crippen molar-refractivity contribution in [2.45, 2.75) is 33.0 Å². The van der Waals surface area contributed by atoms with E-state index < -0.39 is 0 Å². The fraction of sp³-hybridized carbons (Fsp3) is 0.348. The minimum absolute atomic E-state index is 0.304. The van der Waals surface area contributed by atoms with Crippen molar-refractivity contribution in [1.29, 1.82) is 0 Å². The van der Waals surface area contributed by atoms with Gasteiger partial charge in [0.15, 0.2) is 11.5 Å². The number of ether oxygens (including phenoxy) is 3. The Morgan fingerprint density at radius 1 is 1.10 bits per heavy atom. The third-order valence-electron chi connectivity index (χ3n) is 5.24. The van der Waals surface area contributed by atoms with Crippen LogP contribution in [0.4, 0.5) is 0 Å². The molecule has 0 amide bonds. The standard InChI is InChI=1S/C23H27N3O3/c1-18-12-22-23(29-17-28-22)13-20(18)15-26(10-3-9-25-11-8-24-16-25)14-19-4-6-21(27-2)7-5-19/h4-8,11-13,16H,3,9-10,14-15,17H2,1-2H3. The summed E-state index contributed by atoms with van der Waals surface area (Å²) in [5.74, 6) is 2.56. The van der Waals surface area contributed by atoms with Gasteiger partial charge in [-0.2, -0.15) is 0 Å². The summed E-state index contributed by atoms with van der Waals surface area (Å²) in [6.45, 7) is 6.12. The van der Waals surface area contributed by atoms with Gasteiger partial charge in [-0.25, -0.2) is 4.98 Å². The van der Waals surface area contributed by atoms with Gasteiger partial charge in [-0.15, -0.1) is 0 Å². The third kappa shape index (κ3) is 4.90. The zero-order valence-electron chi connectivity index (χ0n) is 17.0. The monoisotopic (exact) mass is 393 g/mol. The van der Waals surface area contributed by atoms with Crippen LogP contribution < -0.4 is 14.2 Å². The normalized spacial score (nSPS) is 12.5. The lowest BCUT2D eigenvalue weighted by Crippen LogP contribution is -2.25. The summed E-state index contributed by atoms with van der Waals surface area (Å²) >= 11 is 0. The maximum absolute atomic E-state index is 5.58. The van der Waals surface area contributed by atoms with Crippen LogP contribution in [0.5, 0.6) is 17.2 Å². The molecule has 0 radical (unpaired) electrons. The highest BCUT2D eigenvalue weighted by Crippen LogP contribution is 2.35. The van der Waals surface area contributed by atoms with Gasteiger partial charge in [-0.1, -0.05) is 12.1 Å². The van der Waals surface area contributed by atoms with Crippen molar-refractivity contribution in [3.8, 4) is 17.2 Å². The Balaban J connectivity index is 1.47. The van der Waals surface area contributed by atoms with Crippen molar-refractivity contribution in [3.05, 3.63) is 71.8 Å². The first-order valence-electron chi connectivity index (χ1n) is 9.91. The van der Waals surface area contributed by atoms with Gasteiger partial charge in [-0.05, 0) is 54.3 Å². The van der Waals surface area contributed by atoms with Crippen molar-refractivity contribution in [2.24, 2.45) is 0 Å². The molecule has 1 aliphatic heterocycles. The first-order valence-corrected chi connectivity index (χ1v) is 9.91. The number of hydrogen-bond donors (Lipinski definition) is 0. The Hall–Kier alpha value is -2.99. The number of fused-ring (bicyclic) bond motifs is 1. The summed E-state index contributed by atoms with van der Waals surface area (Å²) in [5, 5.41) is 0. The van der Waals surface area contributed by atoms with E-state index in [4.69, 9.17) is 14.2 Å². The smallest absolute Gasteiger partial charge is 0.231 e. The molecule has 1 aromatic heterocycles. The number of nitrogens with zero attached hydrogens (tertiary/aromatic N) is 3. The minimum atomic E-state index is 0.304. The van der Waals surface area contributed by atoms with E-state index in [0.29, 0.717) is 6.79 Å². The highest BCUT2D eigenvalue weighted by Gasteiger charge is 2.17. The molecule has 0 aliphatic carbocycles. The fourth-order valence-corrected chi connectivity index (χ4v) is 3.60. The van der Waals surface area contributed by atoms with Crippen LogP contribution in [-0.2, 0) is 19.6 Å². The van der Waals surface area contributed by atoms with Gasteiger partial charge in [0, 0.05) is 38.6 Å². The van der Waals surface area contributed by atoms with Crippen molar-refractivity contribution in [1.82, 2.24) is 14.5 Å². The lowest BCUT2D eigenvalue weighted by atomic mass is 10.1. The van der Waals surface area contributed by atoms with Gasteiger partial charge in [0.25, 0.3) is 0 Å². The van der Waals surface area contributed by atoms with Crippen LogP contribution in [0.3, 0.4) is 0 Å². The van der Waals surface area contributed by atoms with Crippen LogP contribution in [0, 0.1) is 6.92 Å². The molecule has 0 saturated heterocycles. The highest BCUT2D eigenvalue weighted by molar-refractivity contribution is 5.48. The molecule has 0 spiro atoms. The molecule has 0 N–H and O–H groups in total. The molecule has 0 atom stereocenters. The molecule has 0 unspecified atom stereocenters. The molecular formula is C23H27N3O3. The van der Waals surface area contributed by atoms with Crippen LogP contribution in [0.2, 0.25) is 0 Å². The second-order valence-electron chi connectivity index (χ2n) is 7.34. The number of rotatable bonds is 9. The van der Waals surface area contributed by atoms with Crippen LogP contribution in [-0.4, -0.2) is 34.9 Å². The van der Waals surface area contributed by atoms with Gasteiger partial charge in [0.05, 0.1) is 13.4 Å². The van der Waals surface area contributed by atoms with Gasteiger partial charge < -0.3 is 18.8 Å². The second-order valence-corrected chi connectivity index (χ2v) is 7.34. The molecule has 0 fully saturated rings. The lowest BCUT2D eigenvalue weighted by Gasteiger charge is -2.24. The number of aryl methyl sites for hydroxylation is 2. The van der Waals surface area contributed by atoms with Crippen molar-refractivity contribution in [2.75, 3.05) is 20.4 Å².